The molecule has 0 fully saturated rings. The summed E-state index contributed by atoms with van der Waals surface area (Å²) in [5, 5.41) is 5.49. The van der Waals surface area contributed by atoms with E-state index in [1.54, 1.807) is 24.3 Å². The van der Waals surface area contributed by atoms with Crippen LogP contribution in [0.15, 0.2) is 72.8 Å². The number of nitrogens with one attached hydrogen (secondary N) is 2. The number of fused-ring (bicyclic) bond motifs is 1. The molecule has 0 aromatic heterocycles. The number of hydrogen-bond acceptors (Lipinski definition) is 5. The molecule has 0 saturated carbocycles. The molecule has 0 radical (unpaired) electrons. The van der Waals surface area contributed by atoms with Crippen molar-refractivity contribution in [2.24, 2.45) is 0 Å². The Hall–Kier alpha value is -4.46. The molecule has 3 aromatic rings. The summed E-state index contributed by atoms with van der Waals surface area (Å²) in [5.74, 6) is -0.917. The van der Waals surface area contributed by atoms with Gasteiger partial charge >= 0.3 is 0 Å². The lowest BCUT2D eigenvalue weighted by Crippen LogP contribution is -2.30. The summed E-state index contributed by atoms with van der Waals surface area (Å²) >= 11 is 0. The van der Waals surface area contributed by atoms with Gasteiger partial charge < -0.3 is 15.4 Å². The fourth-order valence-corrected chi connectivity index (χ4v) is 3.75. The van der Waals surface area contributed by atoms with Crippen LogP contribution in [-0.4, -0.2) is 36.8 Å². The van der Waals surface area contributed by atoms with Gasteiger partial charge in [-0.05, 0) is 55.0 Å². The molecule has 0 saturated heterocycles. The van der Waals surface area contributed by atoms with E-state index in [-0.39, 0.29) is 35.6 Å². The largest absolute Gasteiger partial charge is 0.494 e. The number of anilines is 1. The van der Waals surface area contributed by atoms with Crippen LogP contribution in [0.25, 0.3) is 0 Å². The Morgan fingerprint density at radius 3 is 2.29 bits per heavy atom. The van der Waals surface area contributed by atoms with E-state index in [2.05, 4.69) is 10.6 Å². The summed E-state index contributed by atoms with van der Waals surface area (Å²) < 4.78 is 5.40. The zero-order valence-corrected chi connectivity index (χ0v) is 19.2. The molecular formula is C27H25N3O5. The average Bonchev–Trinajstić information content (AvgIpc) is 3.13. The fraction of sp³-hybridized carbons (Fsp3) is 0.185. The first-order valence-corrected chi connectivity index (χ1v) is 11.3. The molecule has 0 spiro atoms. The van der Waals surface area contributed by atoms with Crippen molar-refractivity contribution in [1.29, 1.82) is 0 Å². The van der Waals surface area contributed by atoms with Crippen molar-refractivity contribution in [1.82, 2.24) is 10.6 Å². The molecular weight excluding hydrogens is 446 g/mol. The van der Waals surface area contributed by atoms with Gasteiger partial charge in [-0.2, -0.15) is 0 Å². The SMILES string of the molecule is CCOc1ccc(N2C(=O)c3ccc(C(=O)NCCC(=O)NCc4ccccc4)cc3C2=O)cc1. The highest BCUT2D eigenvalue weighted by Crippen LogP contribution is 2.30. The van der Waals surface area contributed by atoms with Gasteiger partial charge in [-0.15, -0.1) is 0 Å². The third-order valence-electron chi connectivity index (χ3n) is 5.52. The maximum atomic E-state index is 13.0. The van der Waals surface area contributed by atoms with Gasteiger partial charge in [0.15, 0.2) is 0 Å². The zero-order valence-electron chi connectivity index (χ0n) is 19.2. The molecule has 35 heavy (non-hydrogen) atoms. The molecule has 4 rings (SSSR count). The first-order chi connectivity index (χ1) is 17.0. The van der Waals surface area contributed by atoms with E-state index < -0.39 is 17.7 Å². The van der Waals surface area contributed by atoms with Gasteiger partial charge in [0.05, 0.1) is 23.4 Å². The van der Waals surface area contributed by atoms with Gasteiger partial charge in [0, 0.05) is 25.1 Å². The van der Waals surface area contributed by atoms with Crippen LogP contribution in [0.4, 0.5) is 5.69 Å². The first-order valence-electron chi connectivity index (χ1n) is 11.3. The molecule has 0 unspecified atom stereocenters. The quantitative estimate of drug-likeness (QED) is 0.466. The molecule has 178 valence electrons. The Labute approximate surface area is 202 Å². The number of benzene rings is 3. The second-order valence-electron chi connectivity index (χ2n) is 7.90. The zero-order chi connectivity index (χ0) is 24.8. The number of nitrogens with zero attached hydrogens (tertiary/aromatic N) is 1. The Kier molecular flexibility index (Phi) is 7.21. The lowest BCUT2D eigenvalue weighted by atomic mass is 10.1. The van der Waals surface area contributed by atoms with Crippen molar-refractivity contribution < 1.29 is 23.9 Å². The fourth-order valence-electron chi connectivity index (χ4n) is 3.75. The highest BCUT2D eigenvalue weighted by Gasteiger charge is 2.37. The van der Waals surface area contributed by atoms with Gasteiger partial charge in [0.25, 0.3) is 17.7 Å². The molecule has 1 aliphatic heterocycles. The highest BCUT2D eigenvalue weighted by atomic mass is 16.5. The molecule has 8 nitrogen and oxygen atoms in total. The number of imide groups is 1. The molecule has 0 aliphatic carbocycles. The van der Waals surface area contributed by atoms with Crippen molar-refractivity contribution in [3.63, 3.8) is 0 Å². The topological polar surface area (TPSA) is 105 Å². The summed E-state index contributed by atoms with van der Waals surface area (Å²) in [4.78, 5) is 51.5. The second kappa shape index (κ2) is 10.6. The van der Waals surface area contributed by atoms with Gasteiger partial charge in [-0.25, -0.2) is 4.90 Å². The van der Waals surface area contributed by atoms with E-state index >= 15 is 0 Å². The molecule has 1 aliphatic rings. The molecule has 2 N–H and O–H groups in total. The smallest absolute Gasteiger partial charge is 0.266 e. The van der Waals surface area contributed by atoms with Crippen LogP contribution in [0.1, 0.15) is 50.0 Å². The van der Waals surface area contributed by atoms with Gasteiger partial charge in [-0.3, -0.25) is 19.2 Å². The van der Waals surface area contributed by atoms with Crippen molar-refractivity contribution in [2.75, 3.05) is 18.1 Å². The standard InChI is InChI=1S/C27H25N3O5/c1-2-35-21-11-9-20(10-12-21)30-26(33)22-13-8-19(16-23(22)27(30)34)25(32)28-15-14-24(31)29-17-18-6-4-3-5-7-18/h3-13,16H,2,14-15,17H2,1H3,(H,28,32)(H,29,31). The molecule has 3 aromatic carbocycles. The van der Waals surface area contributed by atoms with Crippen LogP contribution in [0.5, 0.6) is 5.75 Å². The van der Waals surface area contributed by atoms with Crippen molar-refractivity contribution in [3.8, 4) is 5.75 Å². The average molecular weight is 472 g/mol. The lowest BCUT2D eigenvalue weighted by molar-refractivity contribution is -0.121. The third-order valence-corrected chi connectivity index (χ3v) is 5.52. The van der Waals surface area contributed by atoms with Crippen LogP contribution in [0.3, 0.4) is 0 Å². The Balaban J connectivity index is 1.35. The molecule has 0 bridgehead atoms. The Morgan fingerprint density at radius 2 is 1.57 bits per heavy atom. The molecule has 1 heterocycles. The number of amides is 4. The lowest BCUT2D eigenvalue weighted by Gasteiger charge is -2.14. The normalized spacial score (nSPS) is 12.3. The minimum atomic E-state index is -0.496. The maximum absolute atomic E-state index is 13.0. The minimum absolute atomic E-state index is 0.118. The predicted molar refractivity (Wildman–Crippen MR) is 130 cm³/mol. The first kappa shape index (κ1) is 23.7. The van der Waals surface area contributed by atoms with Gasteiger partial charge in [0.1, 0.15) is 5.75 Å². The maximum Gasteiger partial charge on any atom is 0.266 e. The van der Waals surface area contributed by atoms with E-state index in [9.17, 15) is 19.2 Å². The van der Waals surface area contributed by atoms with Crippen LogP contribution >= 0.6 is 0 Å². The van der Waals surface area contributed by atoms with Crippen molar-refractivity contribution in [3.05, 3.63) is 95.1 Å². The molecule has 4 amide bonds. The predicted octanol–water partition coefficient (Wildman–Crippen LogP) is 3.32. The summed E-state index contributed by atoms with van der Waals surface area (Å²) in [6.07, 6.45) is 0.118. The Bertz CT molecular complexity index is 1260. The van der Waals surface area contributed by atoms with E-state index in [0.29, 0.717) is 24.6 Å². The summed E-state index contributed by atoms with van der Waals surface area (Å²) in [6, 6.07) is 20.6. The van der Waals surface area contributed by atoms with E-state index in [4.69, 9.17) is 4.74 Å². The van der Waals surface area contributed by atoms with E-state index in [1.807, 2.05) is 37.3 Å². The molecule has 8 heteroatoms. The number of rotatable bonds is 9. The second-order valence-corrected chi connectivity index (χ2v) is 7.90. The minimum Gasteiger partial charge on any atom is -0.494 e. The number of carbonyl (C=O) groups excluding carboxylic acids is 4. The van der Waals surface area contributed by atoms with Crippen LogP contribution in [0, 0.1) is 0 Å². The summed E-state index contributed by atoms with van der Waals surface area (Å²) in [6.45, 7) is 2.93. The highest BCUT2D eigenvalue weighted by molar-refractivity contribution is 6.34. The van der Waals surface area contributed by atoms with Crippen LogP contribution in [0.2, 0.25) is 0 Å². The number of ether oxygens (including phenoxy) is 1. The van der Waals surface area contributed by atoms with E-state index in [0.717, 1.165) is 10.5 Å². The summed E-state index contributed by atoms with van der Waals surface area (Å²) in [7, 11) is 0. The Morgan fingerprint density at radius 1 is 0.857 bits per heavy atom. The van der Waals surface area contributed by atoms with E-state index in [1.165, 1.54) is 18.2 Å². The number of hydrogen-bond donors (Lipinski definition) is 2. The third kappa shape index (κ3) is 5.38. The van der Waals surface area contributed by atoms with Crippen molar-refractivity contribution in [2.45, 2.75) is 19.9 Å². The van der Waals surface area contributed by atoms with Gasteiger partial charge in [0.2, 0.25) is 5.91 Å². The van der Waals surface area contributed by atoms with Crippen LogP contribution in [-0.2, 0) is 11.3 Å². The van der Waals surface area contributed by atoms with Gasteiger partial charge in [-0.1, -0.05) is 30.3 Å². The molecule has 0 atom stereocenters. The van der Waals surface area contributed by atoms with Crippen LogP contribution < -0.4 is 20.3 Å². The monoisotopic (exact) mass is 471 g/mol. The number of carbonyl (C=O) groups is 4. The summed E-state index contributed by atoms with van der Waals surface area (Å²) in [5.41, 5.74) is 2.05. The van der Waals surface area contributed by atoms with Crippen molar-refractivity contribution >= 4 is 29.3 Å².